The van der Waals surface area contributed by atoms with Crippen molar-refractivity contribution in [3.63, 3.8) is 0 Å². The molecule has 2 aliphatic rings. The molecule has 0 spiro atoms. The third kappa shape index (κ3) is 4.55. The van der Waals surface area contributed by atoms with Gasteiger partial charge in [0, 0.05) is 38.8 Å². The van der Waals surface area contributed by atoms with Crippen molar-refractivity contribution in [2.24, 2.45) is 5.92 Å². The number of carbonyl (C=O) groups is 1. The summed E-state index contributed by atoms with van der Waals surface area (Å²) in [5, 5.41) is 5.76. The van der Waals surface area contributed by atoms with E-state index >= 15 is 0 Å². The van der Waals surface area contributed by atoms with Crippen LogP contribution in [-0.2, 0) is 4.74 Å². The third-order valence-corrected chi connectivity index (χ3v) is 6.69. The van der Waals surface area contributed by atoms with E-state index in [2.05, 4.69) is 25.6 Å². The lowest BCUT2D eigenvalue weighted by Crippen LogP contribution is -2.50. The van der Waals surface area contributed by atoms with Gasteiger partial charge in [-0.2, -0.15) is 0 Å². The van der Waals surface area contributed by atoms with Gasteiger partial charge in [0.1, 0.15) is 12.1 Å². The number of hydrogen-bond donors (Lipinski definition) is 1. The first-order chi connectivity index (χ1) is 13.7. The van der Waals surface area contributed by atoms with E-state index in [0.717, 1.165) is 48.8 Å². The fourth-order valence-corrected chi connectivity index (χ4v) is 5.16. The van der Waals surface area contributed by atoms with Gasteiger partial charge >= 0.3 is 6.09 Å². The Labute approximate surface area is 170 Å². The average Bonchev–Trinajstić information content (AvgIpc) is 3.19. The van der Waals surface area contributed by atoms with Gasteiger partial charge in [-0.25, -0.2) is 14.8 Å². The van der Waals surface area contributed by atoms with Crippen LogP contribution >= 0.6 is 11.3 Å². The second-order valence-electron chi connectivity index (χ2n) is 7.72. The predicted molar refractivity (Wildman–Crippen MR) is 112 cm³/mol. The normalized spacial score (nSPS) is 23.7. The van der Waals surface area contributed by atoms with E-state index in [1.54, 1.807) is 17.7 Å². The number of carbonyl (C=O) groups excluding carboxylic acids is 1. The van der Waals surface area contributed by atoms with Crippen LogP contribution in [0.5, 0.6) is 0 Å². The number of nitrogens with zero attached hydrogens (tertiary/aromatic N) is 4. The van der Waals surface area contributed by atoms with Crippen LogP contribution in [0.2, 0.25) is 0 Å². The van der Waals surface area contributed by atoms with Gasteiger partial charge in [0.05, 0.1) is 16.8 Å². The molecule has 1 aliphatic heterocycles. The molecular formula is C20H29N5O2S. The monoisotopic (exact) mass is 403 g/mol. The summed E-state index contributed by atoms with van der Waals surface area (Å²) >= 11 is 1.70. The fourth-order valence-electron chi connectivity index (χ4n) is 4.37. The Balaban J connectivity index is 1.28. The van der Waals surface area contributed by atoms with Gasteiger partial charge in [0.25, 0.3) is 0 Å². The minimum absolute atomic E-state index is 0.172. The molecule has 1 saturated heterocycles. The van der Waals surface area contributed by atoms with E-state index in [1.807, 2.05) is 17.9 Å². The van der Waals surface area contributed by atoms with E-state index < -0.39 is 0 Å². The molecule has 2 atom stereocenters. The van der Waals surface area contributed by atoms with Gasteiger partial charge < -0.3 is 15.0 Å². The molecule has 1 aliphatic carbocycles. The van der Waals surface area contributed by atoms with Gasteiger partial charge in [0.15, 0.2) is 0 Å². The Hall–Kier alpha value is -1.93. The van der Waals surface area contributed by atoms with Gasteiger partial charge in [-0.15, -0.1) is 11.3 Å². The minimum atomic E-state index is -0.172. The number of hydrogen-bond acceptors (Lipinski definition) is 7. The smallest absolute Gasteiger partial charge is 0.409 e. The molecule has 2 aromatic heterocycles. The van der Waals surface area contributed by atoms with Crippen molar-refractivity contribution >= 4 is 33.5 Å². The Kier molecular flexibility index (Phi) is 6.26. The number of piperazine rings is 1. The summed E-state index contributed by atoms with van der Waals surface area (Å²) in [5.74, 6) is 1.68. The molecule has 28 heavy (non-hydrogen) atoms. The summed E-state index contributed by atoms with van der Waals surface area (Å²) < 4.78 is 6.27. The Morgan fingerprint density at radius 2 is 2.14 bits per heavy atom. The largest absolute Gasteiger partial charge is 0.450 e. The van der Waals surface area contributed by atoms with Crippen LogP contribution in [0, 0.1) is 5.92 Å². The zero-order valence-corrected chi connectivity index (χ0v) is 17.3. The molecule has 0 bridgehead atoms. The first kappa shape index (κ1) is 19.4. The van der Waals surface area contributed by atoms with Crippen LogP contribution < -0.4 is 5.32 Å². The standard InChI is InChI=1S/C20H29N5O2S/c1-2-27-20(26)25-9-7-24(8-10-25)13-15-4-3-5-16(12-15)23-19-18-17(6-11-28-18)21-14-22-19/h6,11,14-16H,2-5,7-10,12-13H2,1H3,(H,21,22,23)/t15-,16-/m1/s1. The predicted octanol–water partition coefficient (Wildman–Crippen LogP) is 3.44. The number of aromatic nitrogens is 2. The molecule has 2 fully saturated rings. The molecule has 1 saturated carbocycles. The quantitative estimate of drug-likeness (QED) is 0.825. The number of rotatable bonds is 5. The number of fused-ring (bicyclic) bond motifs is 1. The summed E-state index contributed by atoms with van der Waals surface area (Å²) in [6.07, 6.45) is 6.40. The van der Waals surface area contributed by atoms with Crippen LogP contribution in [0.3, 0.4) is 0 Å². The topological polar surface area (TPSA) is 70.6 Å². The van der Waals surface area contributed by atoms with Crippen LogP contribution in [0.4, 0.5) is 10.6 Å². The summed E-state index contributed by atoms with van der Waals surface area (Å²) in [4.78, 5) is 25.0. The van der Waals surface area contributed by atoms with Crippen molar-refractivity contribution in [2.75, 3.05) is 44.6 Å². The Bertz CT molecular complexity index is 790. The lowest BCUT2D eigenvalue weighted by Gasteiger charge is -2.38. The molecule has 8 heteroatoms. The Morgan fingerprint density at radius 1 is 1.29 bits per heavy atom. The molecule has 152 valence electrons. The molecular weight excluding hydrogens is 374 g/mol. The zero-order valence-electron chi connectivity index (χ0n) is 16.5. The van der Waals surface area contributed by atoms with Gasteiger partial charge in [-0.1, -0.05) is 6.42 Å². The summed E-state index contributed by atoms with van der Waals surface area (Å²) in [6.45, 7) is 6.83. The third-order valence-electron chi connectivity index (χ3n) is 5.78. The van der Waals surface area contributed by atoms with E-state index in [0.29, 0.717) is 18.6 Å². The molecule has 1 N–H and O–H groups in total. The number of thiophene rings is 1. The maximum absolute atomic E-state index is 11.9. The zero-order chi connectivity index (χ0) is 19.3. The maximum atomic E-state index is 11.9. The van der Waals surface area contributed by atoms with Crippen LogP contribution in [0.15, 0.2) is 17.8 Å². The number of nitrogens with one attached hydrogen (secondary N) is 1. The van der Waals surface area contributed by atoms with Crippen molar-refractivity contribution < 1.29 is 9.53 Å². The van der Waals surface area contributed by atoms with Crippen LogP contribution in [-0.4, -0.2) is 71.2 Å². The molecule has 1 amide bonds. The van der Waals surface area contributed by atoms with E-state index in [9.17, 15) is 4.79 Å². The number of amides is 1. The lowest BCUT2D eigenvalue weighted by molar-refractivity contribution is 0.0725. The van der Waals surface area contributed by atoms with Gasteiger partial charge in [0.2, 0.25) is 0 Å². The van der Waals surface area contributed by atoms with Crippen LogP contribution in [0.1, 0.15) is 32.6 Å². The first-order valence-electron chi connectivity index (χ1n) is 10.3. The highest BCUT2D eigenvalue weighted by molar-refractivity contribution is 7.17. The van der Waals surface area contributed by atoms with Crippen molar-refractivity contribution in [3.8, 4) is 0 Å². The van der Waals surface area contributed by atoms with E-state index in [-0.39, 0.29) is 6.09 Å². The molecule has 3 heterocycles. The molecule has 4 rings (SSSR count). The van der Waals surface area contributed by atoms with Crippen molar-refractivity contribution in [2.45, 2.75) is 38.6 Å². The number of anilines is 1. The highest BCUT2D eigenvalue weighted by Gasteiger charge is 2.27. The first-order valence-corrected chi connectivity index (χ1v) is 11.2. The molecule has 2 aromatic rings. The molecule has 0 unspecified atom stereocenters. The summed E-state index contributed by atoms with van der Waals surface area (Å²) in [7, 11) is 0. The Morgan fingerprint density at radius 3 is 2.96 bits per heavy atom. The average molecular weight is 404 g/mol. The summed E-state index contributed by atoms with van der Waals surface area (Å²) in [6, 6.07) is 2.52. The van der Waals surface area contributed by atoms with E-state index in [1.165, 1.54) is 25.7 Å². The van der Waals surface area contributed by atoms with Crippen molar-refractivity contribution in [1.29, 1.82) is 0 Å². The SMILES string of the molecule is CCOC(=O)N1CCN(C[C@@H]2CCC[C@@H](Nc3ncnc4ccsc34)C2)CC1. The lowest BCUT2D eigenvalue weighted by atomic mass is 9.85. The second-order valence-corrected chi connectivity index (χ2v) is 8.63. The van der Waals surface area contributed by atoms with Gasteiger partial charge in [-0.05, 0) is 43.6 Å². The van der Waals surface area contributed by atoms with Crippen LogP contribution in [0.25, 0.3) is 10.2 Å². The number of ether oxygens (including phenoxy) is 1. The molecule has 7 nitrogen and oxygen atoms in total. The van der Waals surface area contributed by atoms with Gasteiger partial charge in [-0.3, -0.25) is 4.90 Å². The minimum Gasteiger partial charge on any atom is -0.450 e. The highest BCUT2D eigenvalue weighted by atomic mass is 32.1. The van der Waals surface area contributed by atoms with Crippen molar-refractivity contribution in [1.82, 2.24) is 19.8 Å². The molecule has 0 radical (unpaired) electrons. The molecule has 0 aromatic carbocycles. The van der Waals surface area contributed by atoms with E-state index in [4.69, 9.17) is 4.74 Å². The summed E-state index contributed by atoms with van der Waals surface area (Å²) in [5.41, 5.74) is 1.02. The maximum Gasteiger partial charge on any atom is 0.409 e. The fraction of sp³-hybridized carbons (Fsp3) is 0.650. The second kappa shape index (κ2) is 9.05. The van der Waals surface area contributed by atoms with Crippen molar-refractivity contribution in [3.05, 3.63) is 17.8 Å². The highest BCUT2D eigenvalue weighted by Crippen LogP contribution is 2.30.